The Morgan fingerprint density at radius 3 is 2.46 bits per heavy atom. The van der Waals surface area contributed by atoms with Gasteiger partial charge in [-0.2, -0.15) is 0 Å². The second-order valence-electron chi connectivity index (χ2n) is 6.53. The Morgan fingerprint density at radius 2 is 1.68 bits per heavy atom. The highest BCUT2D eigenvalue weighted by atomic mass is 16.6. The van der Waals surface area contributed by atoms with Crippen molar-refractivity contribution in [2.75, 3.05) is 17.2 Å². The molecule has 1 aliphatic rings. The molecule has 7 nitrogen and oxygen atoms in total. The molecule has 0 saturated carbocycles. The van der Waals surface area contributed by atoms with Crippen LogP contribution >= 0.6 is 0 Å². The molecule has 4 rings (SSSR count). The molecule has 1 aromatic heterocycles. The van der Waals surface area contributed by atoms with E-state index in [0.29, 0.717) is 23.1 Å². The van der Waals surface area contributed by atoms with E-state index in [4.69, 9.17) is 9.47 Å². The number of rotatable bonds is 4. The van der Waals surface area contributed by atoms with Crippen LogP contribution in [0.1, 0.15) is 11.4 Å². The molecule has 28 heavy (non-hydrogen) atoms. The number of hydrogen-bond donors (Lipinski definition) is 2. The number of anilines is 3. The number of para-hydroxylation sites is 2. The van der Waals surface area contributed by atoms with Crippen LogP contribution in [0.25, 0.3) is 0 Å². The molecule has 0 spiro atoms. The van der Waals surface area contributed by atoms with Crippen molar-refractivity contribution in [1.29, 1.82) is 0 Å². The lowest BCUT2D eigenvalue weighted by molar-refractivity contribution is -0.125. The lowest BCUT2D eigenvalue weighted by Crippen LogP contribution is -2.40. The molecule has 1 unspecified atom stereocenters. The molecule has 2 N–H and O–H groups in total. The van der Waals surface area contributed by atoms with Crippen molar-refractivity contribution in [3.8, 4) is 11.5 Å². The summed E-state index contributed by atoms with van der Waals surface area (Å²) in [6.07, 6.45) is -0.714. The summed E-state index contributed by atoms with van der Waals surface area (Å²) in [5, 5.41) is 6.03. The average molecular weight is 376 g/mol. The molecule has 1 atom stereocenters. The van der Waals surface area contributed by atoms with E-state index in [1.54, 1.807) is 6.07 Å². The fourth-order valence-electron chi connectivity index (χ4n) is 2.96. The third kappa shape index (κ3) is 4.03. The summed E-state index contributed by atoms with van der Waals surface area (Å²) >= 11 is 0. The second kappa shape index (κ2) is 7.56. The standard InChI is InChI=1S/C21H20N4O3/c1-13-10-14(2)23-21(22-13)25-16-7-5-6-15(11-16)24-20(26)19-12-27-17-8-3-4-9-18(17)28-19/h3-11,19H,12H2,1-2H3,(H,24,26)(H,22,23,25). The first kappa shape index (κ1) is 17.8. The van der Waals surface area contributed by atoms with Gasteiger partial charge in [-0.3, -0.25) is 4.79 Å². The number of hydrogen-bond acceptors (Lipinski definition) is 6. The third-order valence-corrected chi connectivity index (χ3v) is 4.17. The molecule has 0 radical (unpaired) electrons. The van der Waals surface area contributed by atoms with E-state index < -0.39 is 6.10 Å². The van der Waals surface area contributed by atoms with Gasteiger partial charge in [0.25, 0.3) is 5.91 Å². The van der Waals surface area contributed by atoms with Crippen molar-refractivity contribution >= 4 is 23.2 Å². The van der Waals surface area contributed by atoms with Crippen molar-refractivity contribution in [1.82, 2.24) is 9.97 Å². The number of aryl methyl sites for hydroxylation is 2. The van der Waals surface area contributed by atoms with Gasteiger partial charge in [-0.25, -0.2) is 9.97 Å². The Bertz CT molecular complexity index is 1000. The maximum atomic E-state index is 12.6. The smallest absolute Gasteiger partial charge is 0.269 e. The fraction of sp³-hybridized carbons (Fsp3) is 0.190. The van der Waals surface area contributed by atoms with E-state index in [0.717, 1.165) is 17.1 Å². The summed E-state index contributed by atoms with van der Waals surface area (Å²) in [7, 11) is 0. The number of carbonyl (C=O) groups excluding carboxylic acids is 1. The van der Waals surface area contributed by atoms with Gasteiger partial charge < -0.3 is 20.1 Å². The van der Waals surface area contributed by atoms with Crippen molar-refractivity contribution in [2.24, 2.45) is 0 Å². The largest absolute Gasteiger partial charge is 0.485 e. The van der Waals surface area contributed by atoms with Crippen LogP contribution in [-0.4, -0.2) is 28.6 Å². The minimum Gasteiger partial charge on any atom is -0.485 e. The maximum Gasteiger partial charge on any atom is 0.269 e. The number of fused-ring (bicyclic) bond motifs is 1. The molecule has 0 saturated heterocycles. The number of aromatic nitrogens is 2. The average Bonchev–Trinajstić information content (AvgIpc) is 2.67. The molecule has 142 valence electrons. The molecule has 0 fully saturated rings. The molecule has 1 amide bonds. The molecular weight excluding hydrogens is 356 g/mol. The summed E-state index contributed by atoms with van der Waals surface area (Å²) in [6.45, 7) is 4.00. The van der Waals surface area contributed by atoms with Gasteiger partial charge in [0.2, 0.25) is 12.1 Å². The Hall–Kier alpha value is -3.61. The van der Waals surface area contributed by atoms with Gasteiger partial charge >= 0.3 is 0 Å². The molecule has 0 bridgehead atoms. The van der Waals surface area contributed by atoms with E-state index in [9.17, 15) is 4.79 Å². The van der Waals surface area contributed by atoms with Crippen LogP contribution in [0.15, 0.2) is 54.6 Å². The zero-order chi connectivity index (χ0) is 19.5. The van der Waals surface area contributed by atoms with E-state index in [2.05, 4.69) is 20.6 Å². The quantitative estimate of drug-likeness (QED) is 0.723. The summed E-state index contributed by atoms with van der Waals surface area (Å²) < 4.78 is 11.4. The van der Waals surface area contributed by atoms with Crippen LogP contribution in [0.3, 0.4) is 0 Å². The molecule has 3 aromatic rings. The Kier molecular flexibility index (Phi) is 4.80. The fourth-order valence-corrected chi connectivity index (χ4v) is 2.96. The van der Waals surface area contributed by atoms with Crippen LogP contribution in [0.5, 0.6) is 11.5 Å². The predicted octanol–water partition coefficient (Wildman–Crippen LogP) is 3.62. The summed E-state index contributed by atoms with van der Waals surface area (Å²) in [5.74, 6) is 1.46. The Morgan fingerprint density at radius 1 is 0.964 bits per heavy atom. The van der Waals surface area contributed by atoms with Crippen LogP contribution in [0, 0.1) is 13.8 Å². The van der Waals surface area contributed by atoms with Gasteiger partial charge in [0.15, 0.2) is 11.5 Å². The third-order valence-electron chi connectivity index (χ3n) is 4.17. The van der Waals surface area contributed by atoms with Crippen molar-refractivity contribution < 1.29 is 14.3 Å². The van der Waals surface area contributed by atoms with E-state index in [-0.39, 0.29) is 12.5 Å². The first-order valence-electron chi connectivity index (χ1n) is 8.95. The van der Waals surface area contributed by atoms with E-state index in [1.807, 2.05) is 62.4 Å². The predicted molar refractivity (Wildman–Crippen MR) is 106 cm³/mol. The van der Waals surface area contributed by atoms with Gasteiger partial charge in [-0.05, 0) is 50.2 Å². The maximum absolute atomic E-state index is 12.6. The van der Waals surface area contributed by atoms with Gasteiger partial charge in [0.05, 0.1) is 0 Å². The second-order valence-corrected chi connectivity index (χ2v) is 6.53. The minimum atomic E-state index is -0.714. The van der Waals surface area contributed by atoms with Gasteiger partial charge in [-0.15, -0.1) is 0 Å². The molecule has 1 aliphatic heterocycles. The van der Waals surface area contributed by atoms with Crippen LogP contribution in [-0.2, 0) is 4.79 Å². The van der Waals surface area contributed by atoms with Gasteiger partial charge in [-0.1, -0.05) is 18.2 Å². The molecule has 2 aromatic carbocycles. The molecule has 2 heterocycles. The topological polar surface area (TPSA) is 85.4 Å². The van der Waals surface area contributed by atoms with Gasteiger partial charge in [0.1, 0.15) is 6.61 Å². The zero-order valence-electron chi connectivity index (χ0n) is 15.6. The monoisotopic (exact) mass is 376 g/mol. The van der Waals surface area contributed by atoms with Crippen LogP contribution in [0.2, 0.25) is 0 Å². The Labute approximate surface area is 162 Å². The lowest BCUT2D eigenvalue weighted by Gasteiger charge is -2.25. The van der Waals surface area contributed by atoms with E-state index >= 15 is 0 Å². The number of nitrogens with one attached hydrogen (secondary N) is 2. The number of nitrogens with zero attached hydrogens (tertiary/aromatic N) is 2. The van der Waals surface area contributed by atoms with Crippen molar-refractivity contribution in [2.45, 2.75) is 20.0 Å². The zero-order valence-corrected chi connectivity index (χ0v) is 15.6. The summed E-state index contributed by atoms with van der Waals surface area (Å²) in [5.41, 5.74) is 3.18. The number of benzene rings is 2. The van der Waals surface area contributed by atoms with Crippen LogP contribution < -0.4 is 20.1 Å². The van der Waals surface area contributed by atoms with Gasteiger partial charge in [0, 0.05) is 22.8 Å². The molecular formula is C21H20N4O3. The summed E-state index contributed by atoms with van der Waals surface area (Å²) in [6, 6.07) is 16.6. The molecule has 0 aliphatic carbocycles. The normalized spacial score (nSPS) is 15.0. The number of carbonyl (C=O) groups is 1. The first-order valence-corrected chi connectivity index (χ1v) is 8.95. The number of amides is 1. The lowest BCUT2D eigenvalue weighted by atomic mass is 10.2. The number of ether oxygens (including phenoxy) is 2. The highest BCUT2D eigenvalue weighted by molar-refractivity contribution is 5.95. The first-order chi connectivity index (χ1) is 13.6. The highest BCUT2D eigenvalue weighted by Crippen LogP contribution is 2.31. The Balaban J connectivity index is 1.44. The van der Waals surface area contributed by atoms with Crippen LogP contribution in [0.4, 0.5) is 17.3 Å². The molecule has 7 heteroatoms. The highest BCUT2D eigenvalue weighted by Gasteiger charge is 2.27. The summed E-state index contributed by atoms with van der Waals surface area (Å²) in [4.78, 5) is 21.3. The van der Waals surface area contributed by atoms with Crippen molar-refractivity contribution in [3.05, 3.63) is 66.0 Å². The SMILES string of the molecule is Cc1cc(C)nc(Nc2cccc(NC(=O)C3COc4ccccc4O3)c2)n1. The minimum absolute atomic E-state index is 0.164. The van der Waals surface area contributed by atoms with E-state index in [1.165, 1.54) is 0 Å². The van der Waals surface area contributed by atoms with Crippen molar-refractivity contribution in [3.63, 3.8) is 0 Å².